The van der Waals surface area contributed by atoms with E-state index in [1.165, 1.54) is 9.80 Å². The maximum atomic E-state index is 13.6. The third-order valence-corrected chi connectivity index (χ3v) is 8.98. The van der Waals surface area contributed by atoms with Gasteiger partial charge in [-0.15, -0.1) is 0 Å². The van der Waals surface area contributed by atoms with E-state index in [4.69, 9.17) is 5.73 Å². The third-order valence-electron chi connectivity index (χ3n) is 8.98. The zero-order chi connectivity index (χ0) is 33.0. The van der Waals surface area contributed by atoms with Crippen LogP contribution in [0.1, 0.15) is 80.0 Å². The zero-order valence-corrected chi connectivity index (χ0v) is 26.6. The second kappa shape index (κ2) is 14.5. The van der Waals surface area contributed by atoms with Gasteiger partial charge in [-0.1, -0.05) is 0 Å². The number of amides is 6. The number of nitrogens with two attached hydrogens (primary N) is 1. The minimum atomic E-state index is -0.770. The highest BCUT2D eigenvalue weighted by Crippen LogP contribution is 2.37. The molecule has 5 aliphatic rings. The highest BCUT2D eigenvalue weighted by atomic mass is 16.2. The fourth-order valence-electron chi connectivity index (χ4n) is 6.38. The molecule has 46 heavy (non-hydrogen) atoms. The van der Waals surface area contributed by atoms with Crippen LogP contribution in [0.5, 0.6) is 0 Å². The molecule has 246 valence electrons. The standard InChI is InChI=1S/C33H43N7O6/c1-37-15-3-13-35-26(41)12-11-25(34)29(42)36-14-4-16-38(2)18-6-20-40-32(45)23-9-7-21-27-22(8-10-24(28(23)27)33(40)46)31(44)39(30(21)43)19-5-17-37/h7-10,25H,3-6,11-20,34H2,1-2H3,(H,35,41)(H,36,42)/t25-/m1/s1. The van der Waals surface area contributed by atoms with Gasteiger partial charge in [-0.2, -0.15) is 0 Å². The molecule has 1 atom stereocenters. The van der Waals surface area contributed by atoms with Crippen molar-refractivity contribution in [2.75, 3.05) is 66.5 Å². The van der Waals surface area contributed by atoms with Crippen LogP contribution in [-0.4, -0.2) is 128 Å². The van der Waals surface area contributed by atoms with Crippen LogP contribution < -0.4 is 16.4 Å². The van der Waals surface area contributed by atoms with Crippen LogP contribution in [-0.2, 0) is 9.59 Å². The molecule has 5 heterocycles. The summed E-state index contributed by atoms with van der Waals surface area (Å²) in [5.74, 6) is -2.18. The van der Waals surface area contributed by atoms with Crippen LogP contribution in [0.4, 0.5) is 0 Å². The van der Waals surface area contributed by atoms with E-state index in [0.29, 0.717) is 98.0 Å². The van der Waals surface area contributed by atoms with E-state index in [9.17, 15) is 28.8 Å². The number of benzene rings is 2. The molecule has 5 aliphatic heterocycles. The summed E-state index contributed by atoms with van der Waals surface area (Å²) in [5.41, 5.74) is 7.25. The lowest BCUT2D eigenvalue weighted by molar-refractivity contribution is -0.123. The van der Waals surface area contributed by atoms with Crippen molar-refractivity contribution in [1.82, 2.24) is 30.2 Å². The van der Waals surface area contributed by atoms with E-state index < -0.39 is 29.7 Å². The topological polar surface area (TPSA) is 165 Å². The second-order valence-electron chi connectivity index (χ2n) is 12.4. The van der Waals surface area contributed by atoms with Gasteiger partial charge >= 0.3 is 0 Å². The molecule has 0 aliphatic carbocycles. The maximum absolute atomic E-state index is 13.6. The van der Waals surface area contributed by atoms with Crippen LogP contribution in [0, 0.1) is 0 Å². The average Bonchev–Trinajstić information content (AvgIpc) is 3.04. The minimum Gasteiger partial charge on any atom is -0.356 e. The highest BCUT2D eigenvalue weighted by molar-refractivity contribution is 6.33. The molecule has 0 radical (unpaired) electrons. The Labute approximate surface area is 268 Å². The van der Waals surface area contributed by atoms with Gasteiger partial charge in [0.25, 0.3) is 23.6 Å². The molecule has 0 spiro atoms. The van der Waals surface area contributed by atoms with Crippen molar-refractivity contribution in [1.29, 1.82) is 0 Å². The summed E-state index contributed by atoms with van der Waals surface area (Å²) in [4.78, 5) is 85.5. The van der Waals surface area contributed by atoms with Crippen molar-refractivity contribution in [2.24, 2.45) is 5.73 Å². The quantitative estimate of drug-likeness (QED) is 0.356. The Hall–Kier alpha value is -4.20. The van der Waals surface area contributed by atoms with Crippen LogP contribution in [0.25, 0.3) is 10.8 Å². The Morgan fingerprint density at radius 3 is 1.41 bits per heavy atom. The Kier molecular flexibility index (Phi) is 10.4. The fraction of sp³-hybridized carbons (Fsp3) is 0.515. The summed E-state index contributed by atoms with van der Waals surface area (Å²) in [5, 5.41) is 6.45. The number of nitrogens with zero attached hydrogens (tertiary/aromatic N) is 4. The lowest BCUT2D eigenvalue weighted by atomic mass is 9.86. The molecule has 7 rings (SSSR count). The van der Waals surface area contributed by atoms with Crippen molar-refractivity contribution in [2.45, 2.75) is 44.6 Å². The first-order valence-corrected chi connectivity index (χ1v) is 16.1. The molecule has 0 aromatic heterocycles. The van der Waals surface area contributed by atoms with Crippen LogP contribution in [0.15, 0.2) is 24.3 Å². The molecule has 0 saturated carbocycles. The highest BCUT2D eigenvalue weighted by Gasteiger charge is 2.39. The molecule has 0 saturated heterocycles. The molecule has 13 heteroatoms. The monoisotopic (exact) mass is 633 g/mol. The number of carbonyl (C=O) groups is 6. The molecule has 2 aromatic rings. The van der Waals surface area contributed by atoms with Gasteiger partial charge in [0.15, 0.2) is 0 Å². The molecule has 0 unspecified atom stereocenters. The van der Waals surface area contributed by atoms with Crippen molar-refractivity contribution in [3.05, 3.63) is 46.5 Å². The van der Waals surface area contributed by atoms with Crippen molar-refractivity contribution >= 4 is 46.2 Å². The van der Waals surface area contributed by atoms with E-state index in [-0.39, 0.29) is 37.7 Å². The number of hydrogen-bond donors (Lipinski definition) is 3. The largest absolute Gasteiger partial charge is 0.356 e. The van der Waals surface area contributed by atoms with Gasteiger partial charge in [0.1, 0.15) is 0 Å². The smallest absolute Gasteiger partial charge is 0.261 e. The molecule has 2 aromatic carbocycles. The van der Waals surface area contributed by atoms with E-state index in [1.54, 1.807) is 24.3 Å². The predicted octanol–water partition coefficient (Wildman–Crippen LogP) is 0.809. The van der Waals surface area contributed by atoms with Crippen LogP contribution in [0.2, 0.25) is 0 Å². The number of rotatable bonds is 0. The predicted molar refractivity (Wildman–Crippen MR) is 171 cm³/mol. The van der Waals surface area contributed by atoms with E-state index >= 15 is 0 Å². The molecule has 13 nitrogen and oxygen atoms in total. The number of nitrogens with one attached hydrogen (secondary N) is 2. The summed E-state index contributed by atoms with van der Waals surface area (Å²) in [6, 6.07) is 5.60. The Morgan fingerprint density at radius 1 is 0.587 bits per heavy atom. The first kappa shape index (κ1) is 33.2. The van der Waals surface area contributed by atoms with Crippen LogP contribution >= 0.6 is 0 Å². The summed E-state index contributed by atoms with van der Waals surface area (Å²) in [6.07, 6.45) is 2.89. The summed E-state index contributed by atoms with van der Waals surface area (Å²) in [7, 11) is 3.87. The first-order chi connectivity index (χ1) is 22.1. The number of hydrogen-bond acceptors (Lipinski definition) is 9. The summed E-state index contributed by atoms with van der Waals surface area (Å²) >= 11 is 0. The SMILES string of the molecule is CN1CCCNC(=O)CC[C@@H](N)C(=O)NCCCN(C)CCCN2C(=O)c3ccc4c5c(ccc(c35)C2=O)C(=O)N(CCC1)C4=O. The van der Waals surface area contributed by atoms with Crippen LogP contribution in [0.3, 0.4) is 0 Å². The summed E-state index contributed by atoms with van der Waals surface area (Å²) < 4.78 is 0. The molecular formula is C33H43N7O6. The fourth-order valence-corrected chi connectivity index (χ4v) is 6.38. The van der Waals surface area contributed by atoms with E-state index in [1.807, 2.05) is 14.1 Å². The Morgan fingerprint density at radius 2 is 0.978 bits per heavy atom. The lowest BCUT2D eigenvalue weighted by Crippen LogP contribution is -2.44. The third kappa shape index (κ3) is 6.96. The van der Waals surface area contributed by atoms with E-state index in [0.717, 1.165) is 0 Å². The first-order valence-electron chi connectivity index (χ1n) is 16.1. The minimum absolute atomic E-state index is 0.154. The summed E-state index contributed by atoms with van der Waals surface area (Å²) in [6.45, 7) is 3.98. The van der Waals surface area contributed by atoms with Gasteiger partial charge in [0, 0.05) is 65.6 Å². The van der Waals surface area contributed by atoms with Gasteiger partial charge in [-0.05, 0) is 96.6 Å². The van der Waals surface area contributed by atoms with Gasteiger partial charge in [-0.25, -0.2) is 0 Å². The number of carbonyl (C=O) groups excluding carboxylic acids is 6. The van der Waals surface area contributed by atoms with Gasteiger partial charge in [-0.3, -0.25) is 38.6 Å². The normalized spacial score (nSPS) is 22.5. The Balaban J connectivity index is 1.33. The molecular weight excluding hydrogens is 590 g/mol. The van der Waals surface area contributed by atoms with Gasteiger partial charge < -0.3 is 26.2 Å². The zero-order valence-electron chi connectivity index (χ0n) is 26.6. The maximum Gasteiger partial charge on any atom is 0.261 e. The van der Waals surface area contributed by atoms with Gasteiger partial charge in [0.05, 0.1) is 6.04 Å². The second-order valence-corrected chi connectivity index (χ2v) is 12.4. The van der Waals surface area contributed by atoms with Crippen molar-refractivity contribution in [3.8, 4) is 0 Å². The van der Waals surface area contributed by atoms with Crippen molar-refractivity contribution in [3.63, 3.8) is 0 Å². The molecule has 6 amide bonds. The number of fused-ring (bicyclic) bond motifs is 2. The van der Waals surface area contributed by atoms with Crippen molar-refractivity contribution < 1.29 is 28.8 Å². The lowest BCUT2D eigenvalue weighted by Gasteiger charge is -2.32. The van der Waals surface area contributed by atoms with E-state index in [2.05, 4.69) is 20.4 Å². The molecule has 4 N–H and O–H groups in total. The van der Waals surface area contributed by atoms with Gasteiger partial charge in [0.2, 0.25) is 11.8 Å². The number of imide groups is 2. The molecule has 0 fully saturated rings. The average molecular weight is 634 g/mol. The Bertz CT molecular complexity index is 1490. The molecule has 8 bridgehead atoms.